The molecule has 0 spiro atoms. The van der Waals surface area contributed by atoms with Gasteiger partial charge in [-0.3, -0.25) is 0 Å². The molecule has 0 radical (unpaired) electrons. The first-order valence-electron chi connectivity index (χ1n) is 7.22. The zero-order valence-corrected chi connectivity index (χ0v) is 13.9. The van der Waals surface area contributed by atoms with Crippen LogP contribution in [0, 0.1) is 17.3 Å². The van der Waals surface area contributed by atoms with Crippen molar-refractivity contribution in [3.8, 4) is 11.8 Å². The lowest BCUT2D eigenvalue weighted by Crippen LogP contribution is -2.44. The van der Waals surface area contributed by atoms with Gasteiger partial charge in [0, 0.05) is 29.1 Å². The quantitative estimate of drug-likeness (QED) is 0.674. The molecule has 4 heteroatoms. The van der Waals surface area contributed by atoms with Gasteiger partial charge in [-0.25, -0.2) is 4.79 Å². The van der Waals surface area contributed by atoms with Gasteiger partial charge in [0.25, 0.3) is 0 Å². The number of benzene rings is 1. The molecule has 1 aromatic carbocycles. The molecule has 0 atom stereocenters. The summed E-state index contributed by atoms with van der Waals surface area (Å²) in [7, 11) is 1.41. The second-order valence-electron chi connectivity index (χ2n) is 5.97. The SMILES string of the molecule is COC(=O)N1CC/C(=C\C#Cc2cccc(Cl)c2)C(C)(C)C1. The molecule has 1 amide bonds. The van der Waals surface area contributed by atoms with Crippen LogP contribution in [0.2, 0.25) is 5.02 Å². The van der Waals surface area contributed by atoms with E-state index in [4.69, 9.17) is 16.3 Å². The number of ether oxygens (including phenoxy) is 1. The fourth-order valence-corrected chi connectivity index (χ4v) is 2.77. The van der Waals surface area contributed by atoms with Crippen LogP contribution in [0.4, 0.5) is 4.79 Å². The molecule has 1 aliphatic rings. The van der Waals surface area contributed by atoms with Crippen molar-refractivity contribution in [2.45, 2.75) is 20.3 Å². The predicted molar refractivity (Wildman–Crippen MR) is 88.8 cm³/mol. The van der Waals surface area contributed by atoms with Crippen molar-refractivity contribution in [2.24, 2.45) is 5.41 Å². The molecule has 2 rings (SSSR count). The Morgan fingerprint density at radius 2 is 2.23 bits per heavy atom. The van der Waals surface area contributed by atoms with Gasteiger partial charge in [-0.2, -0.15) is 0 Å². The minimum atomic E-state index is -0.267. The summed E-state index contributed by atoms with van der Waals surface area (Å²) in [5, 5.41) is 0.686. The Bertz CT molecular complexity index is 653. The first kappa shape index (κ1) is 16.5. The first-order chi connectivity index (χ1) is 10.4. The smallest absolute Gasteiger partial charge is 0.409 e. The fraction of sp³-hybridized carbons (Fsp3) is 0.389. The van der Waals surface area contributed by atoms with E-state index in [9.17, 15) is 4.79 Å². The van der Waals surface area contributed by atoms with Crippen LogP contribution in [0.3, 0.4) is 0 Å². The van der Waals surface area contributed by atoms with E-state index in [0.717, 1.165) is 12.0 Å². The van der Waals surface area contributed by atoms with Gasteiger partial charge in [0.2, 0.25) is 0 Å². The van der Waals surface area contributed by atoms with E-state index in [0.29, 0.717) is 18.1 Å². The van der Waals surface area contributed by atoms with Crippen molar-refractivity contribution >= 4 is 17.7 Å². The molecule has 0 unspecified atom stereocenters. The number of piperidine rings is 1. The lowest BCUT2D eigenvalue weighted by atomic mass is 9.79. The van der Waals surface area contributed by atoms with Crippen LogP contribution in [-0.2, 0) is 4.74 Å². The van der Waals surface area contributed by atoms with Crippen molar-refractivity contribution in [1.29, 1.82) is 0 Å². The number of nitrogens with zero attached hydrogens (tertiary/aromatic N) is 1. The Morgan fingerprint density at radius 3 is 2.86 bits per heavy atom. The normalized spacial score (nSPS) is 18.5. The third-order valence-corrected chi connectivity index (χ3v) is 4.06. The molecule has 0 bridgehead atoms. The monoisotopic (exact) mass is 317 g/mol. The number of halogens is 1. The summed E-state index contributed by atoms with van der Waals surface area (Å²) in [5.74, 6) is 6.21. The lowest BCUT2D eigenvalue weighted by Gasteiger charge is -2.39. The number of methoxy groups -OCH3 is 1. The van der Waals surface area contributed by atoms with E-state index in [2.05, 4.69) is 25.7 Å². The van der Waals surface area contributed by atoms with E-state index < -0.39 is 0 Å². The van der Waals surface area contributed by atoms with Gasteiger partial charge in [0.15, 0.2) is 0 Å². The highest BCUT2D eigenvalue weighted by Gasteiger charge is 2.33. The summed E-state index contributed by atoms with van der Waals surface area (Å²) in [6.45, 7) is 5.55. The number of carbonyl (C=O) groups is 1. The van der Waals surface area contributed by atoms with E-state index in [-0.39, 0.29) is 11.5 Å². The van der Waals surface area contributed by atoms with Gasteiger partial charge < -0.3 is 9.64 Å². The molecule has 1 aliphatic heterocycles. The third kappa shape index (κ3) is 4.05. The summed E-state index contributed by atoms with van der Waals surface area (Å²) in [5.41, 5.74) is 2.05. The number of likely N-dealkylation sites (tertiary alicyclic amines) is 1. The molecule has 22 heavy (non-hydrogen) atoms. The standard InChI is InChI=1S/C18H20ClNO2/c1-18(2)13-20(17(21)22-3)11-10-15(18)8-4-6-14-7-5-9-16(19)12-14/h5,7-9,12H,10-11,13H2,1-3H3/b15-8+. The van der Waals surface area contributed by atoms with E-state index in [1.54, 1.807) is 4.90 Å². The molecule has 1 fully saturated rings. The van der Waals surface area contributed by atoms with Crippen molar-refractivity contribution in [2.75, 3.05) is 20.2 Å². The Morgan fingerprint density at radius 1 is 1.45 bits per heavy atom. The van der Waals surface area contributed by atoms with Gasteiger partial charge in [-0.1, -0.05) is 48.9 Å². The second-order valence-corrected chi connectivity index (χ2v) is 6.41. The molecule has 1 aromatic rings. The van der Waals surface area contributed by atoms with Crippen LogP contribution in [0.25, 0.3) is 0 Å². The Labute approximate surface area is 136 Å². The van der Waals surface area contributed by atoms with Gasteiger partial charge in [-0.05, 0) is 30.7 Å². The maximum atomic E-state index is 11.6. The van der Waals surface area contributed by atoms with Gasteiger partial charge in [0.05, 0.1) is 7.11 Å². The lowest BCUT2D eigenvalue weighted by molar-refractivity contribution is 0.0995. The van der Waals surface area contributed by atoms with Crippen LogP contribution >= 0.6 is 11.6 Å². The van der Waals surface area contributed by atoms with Crippen LogP contribution in [0.15, 0.2) is 35.9 Å². The summed E-state index contributed by atoms with van der Waals surface area (Å²) in [6, 6.07) is 7.50. The number of amides is 1. The van der Waals surface area contributed by atoms with E-state index >= 15 is 0 Å². The van der Waals surface area contributed by atoms with Crippen molar-refractivity contribution in [3.63, 3.8) is 0 Å². The predicted octanol–water partition coefficient (Wildman–Crippen LogP) is 4.12. The van der Waals surface area contributed by atoms with E-state index in [1.165, 1.54) is 12.7 Å². The molecule has 0 aromatic heterocycles. The molecule has 1 saturated heterocycles. The number of allylic oxidation sites excluding steroid dienone is 1. The minimum Gasteiger partial charge on any atom is -0.453 e. The zero-order chi connectivity index (χ0) is 16.2. The zero-order valence-electron chi connectivity index (χ0n) is 13.1. The first-order valence-corrected chi connectivity index (χ1v) is 7.60. The maximum Gasteiger partial charge on any atom is 0.409 e. The molecular weight excluding hydrogens is 298 g/mol. The summed E-state index contributed by atoms with van der Waals surface area (Å²) < 4.78 is 4.80. The number of carbonyl (C=O) groups excluding carboxylic acids is 1. The molecule has 116 valence electrons. The van der Waals surface area contributed by atoms with Crippen molar-refractivity contribution in [3.05, 3.63) is 46.5 Å². The highest BCUT2D eigenvalue weighted by atomic mass is 35.5. The van der Waals surface area contributed by atoms with Crippen LogP contribution in [0.1, 0.15) is 25.8 Å². The largest absolute Gasteiger partial charge is 0.453 e. The molecule has 3 nitrogen and oxygen atoms in total. The van der Waals surface area contributed by atoms with E-state index in [1.807, 2.05) is 30.3 Å². The summed E-state index contributed by atoms with van der Waals surface area (Å²) >= 11 is 5.94. The highest BCUT2D eigenvalue weighted by Crippen LogP contribution is 2.34. The topological polar surface area (TPSA) is 29.5 Å². The average molecular weight is 318 g/mol. The summed E-state index contributed by atoms with van der Waals surface area (Å²) in [6.07, 6.45) is 2.51. The van der Waals surface area contributed by atoms with Gasteiger partial charge in [0.1, 0.15) is 0 Å². The maximum absolute atomic E-state index is 11.6. The number of rotatable bonds is 0. The molecule has 1 heterocycles. The van der Waals surface area contributed by atoms with Gasteiger partial charge >= 0.3 is 6.09 Å². The van der Waals surface area contributed by atoms with Gasteiger partial charge in [-0.15, -0.1) is 0 Å². The summed E-state index contributed by atoms with van der Waals surface area (Å²) in [4.78, 5) is 13.4. The number of hydrogen-bond acceptors (Lipinski definition) is 2. The van der Waals surface area contributed by atoms with Crippen LogP contribution in [-0.4, -0.2) is 31.2 Å². The Balaban J connectivity index is 2.12. The van der Waals surface area contributed by atoms with Crippen molar-refractivity contribution < 1.29 is 9.53 Å². The molecule has 0 N–H and O–H groups in total. The molecular formula is C18H20ClNO2. The Kier molecular flexibility index (Phi) is 5.15. The average Bonchev–Trinajstić information content (AvgIpc) is 2.47. The Hall–Kier alpha value is -1.92. The van der Waals surface area contributed by atoms with Crippen LogP contribution in [0.5, 0.6) is 0 Å². The van der Waals surface area contributed by atoms with Crippen LogP contribution < -0.4 is 0 Å². The molecule has 0 saturated carbocycles. The van der Waals surface area contributed by atoms with Crippen molar-refractivity contribution in [1.82, 2.24) is 4.90 Å². The third-order valence-electron chi connectivity index (χ3n) is 3.83. The number of hydrogen-bond donors (Lipinski definition) is 0. The highest BCUT2D eigenvalue weighted by molar-refractivity contribution is 6.30. The fourth-order valence-electron chi connectivity index (χ4n) is 2.58. The molecule has 0 aliphatic carbocycles. The second kappa shape index (κ2) is 6.89. The minimum absolute atomic E-state index is 0.102.